The van der Waals surface area contributed by atoms with Gasteiger partial charge in [0.05, 0.1) is 13.4 Å². The van der Waals surface area contributed by atoms with Gasteiger partial charge in [0.15, 0.2) is 0 Å². The molecule has 1 amide bonds. The number of ether oxygens (including phenoxy) is 1. The Morgan fingerprint density at radius 3 is 2.51 bits per heavy atom. The average Bonchev–Trinajstić information content (AvgIpc) is 3.28. The van der Waals surface area contributed by atoms with Crippen LogP contribution < -0.4 is 10.1 Å². The van der Waals surface area contributed by atoms with E-state index in [4.69, 9.17) is 9.15 Å². The number of hydrogen-bond donors (Lipinski definition) is 1. The number of furan rings is 1. The number of aryl methyl sites for hydroxylation is 1. The number of benzene rings is 4. The molecule has 0 fully saturated rings. The molecule has 0 unspecified atom stereocenters. The van der Waals surface area contributed by atoms with Crippen LogP contribution in [-0.2, 0) is 4.79 Å². The molecule has 0 atom stereocenters. The van der Waals surface area contributed by atoms with Crippen molar-refractivity contribution in [2.24, 2.45) is 0 Å². The smallest absolute Gasteiger partial charge is 0.248 e. The van der Waals surface area contributed by atoms with Crippen LogP contribution >= 0.6 is 0 Å². The van der Waals surface area contributed by atoms with E-state index in [-0.39, 0.29) is 5.91 Å². The fourth-order valence-corrected chi connectivity index (χ4v) is 4.53. The molecular formula is C31H27NO3. The highest BCUT2D eigenvalue weighted by molar-refractivity contribution is 6.07. The number of carbonyl (C=O) groups is 1. The van der Waals surface area contributed by atoms with Crippen LogP contribution in [0.5, 0.6) is 5.75 Å². The van der Waals surface area contributed by atoms with Crippen molar-refractivity contribution in [3.05, 3.63) is 102 Å². The lowest BCUT2D eigenvalue weighted by molar-refractivity contribution is -0.111. The van der Waals surface area contributed by atoms with E-state index < -0.39 is 0 Å². The Morgan fingerprint density at radius 2 is 1.69 bits per heavy atom. The zero-order chi connectivity index (χ0) is 24.5. The molecule has 0 spiro atoms. The Balaban J connectivity index is 1.57. The molecule has 0 saturated heterocycles. The molecule has 174 valence electrons. The largest absolute Gasteiger partial charge is 0.496 e. The molecule has 35 heavy (non-hydrogen) atoms. The fourth-order valence-electron chi connectivity index (χ4n) is 4.53. The molecular weight excluding hydrogens is 434 g/mol. The SMILES string of the molecule is COc1cc2occ(-c3cccc4ccccc34)c2cc1/C(C)=C/C(=O)Nc1cccc(C)c1C. The Kier molecular flexibility index (Phi) is 5.87. The Bertz CT molecular complexity index is 1600. The number of fused-ring (bicyclic) bond motifs is 2. The van der Waals surface area contributed by atoms with Crippen LogP contribution in [0.3, 0.4) is 0 Å². The van der Waals surface area contributed by atoms with Gasteiger partial charge in [-0.15, -0.1) is 0 Å². The molecule has 0 aliphatic rings. The van der Waals surface area contributed by atoms with Crippen molar-refractivity contribution in [3.8, 4) is 16.9 Å². The van der Waals surface area contributed by atoms with E-state index in [1.807, 2.05) is 63.2 Å². The number of hydrogen-bond acceptors (Lipinski definition) is 3. The summed E-state index contributed by atoms with van der Waals surface area (Å²) in [5.41, 5.74) is 7.51. The first-order chi connectivity index (χ1) is 17.0. The predicted octanol–water partition coefficient (Wildman–Crippen LogP) is 7.92. The summed E-state index contributed by atoms with van der Waals surface area (Å²) in [5, 5.41) is 6.31. The molecule has 0 aliphatic heterocycles. The monoisotopic (exact) mass is 461 g/mol. The van der Waals surface area contributed by atoms with E-state index in [9.17, 15) is 4.79 Å². The van der Waals surface area contributed by atoms with Gasteiger partial charge in [-0.3, -0.25) is 4.79 Å². The van der Waals surface area contributed by atoms with E-state index in [0.717, 1.165) is 55.4 Å². The van der Waals surface area contributed by atoms with Gasteiger partial charge in [0.1, 0.15) is 11.3 Å². The second-order valence-corrected chi connectivity index (χ2v) is 8.79. The number of anilines is 1. The Labute approximate surface area is 204 Å². The molecule has 0 aliphatic carbocycles. The molecule has 0 radical (unpaired) electrons. The maximum atomic E-state index is 12.9. The Hall–Kier alpha value is -4.31. The summed E-state index contributed by atoms with van der Waals surface area (Å²) in [6.07, 6.45) is 3.41. The van der Waals surface area contributed by atoms with Crippen molar-refractivity contribution in [1.29, 1.82) is 0 Å². The predicted molar refractivity (Wildman–Crippen MR) is 144 cm³/mol. The van der Waals surface area contributed by atoms with E-state index in [1.54, 1.807) is 19.4 Å². The van der Waals surface area contributed by atoms with E-state index >= 15 is 0 Å². The van der Waals surface area contributed by atoms with Crippen molar-refractivity contribution < 1.29 is 13.9 Å². The van der Waals surface area contributed by atoms with Crippen LogP contribution in [0.4, 0.5) is 5.69 Å². The minimum Gasteiger partial charge on any atom is -0.496 e. The number of rotatable bonds is 5. The fraction of sp³-hybridized carbons (Fsp3) is 0.129. The zero-order valence-electron chi connectivity index (χ0n) is 20.3. The van der Waals surface area contributed by atoms with Crippen LogP contribution in [0.25, 0.3) is 38.4 Å². The number of allylic oxidation sites excluding steroid dienone is 1. The maximum Gasteiger partial charge on any atom is 0.248 e. The van der Waals surface area contributed by atoms with Crippen LogP contribution in [0.2, 0.25) is 0 Å². The molecule has 5 aromatic rings. The molecule has 5 rings (SSSR count). The van der Waals surface area contributed by atoms with Crippen molar-refractivity contribution in [2.75, 3.05) is 12.4 Å². The normalized spacial score (nSPS) is 11.7. The van der Waals surface area contributed by atoms with Crippen molar-refractivity contribution in [1.82, 2.24) is 0 Å². The van der Waals surface area contributed by atoms with Gasteiger partial charge < -0.3 is 14.5 Å². The van der Waals surface area contributed by atoms with Gasteiger partial charge in [-0.2, -0.15) is 0 Å². The van der Waals surface area contributed by atoms with Gasteiger partial charge in [-0.05, 0) is 65.9 Å². The molecule has 4 aromatic carbocycles. The summed E-state index contributed by atoms with van der Waals surface area (Å²) in [6, 6.07) is 24.4. The minimum atomic E-state index is -0.181. The van der Waals surface area contributed by atoms with E-state index in [1.165, 1.54) is 5.39 Å². The van der Waals surface area contributed by atoms with Gasteiger partial charge in [0.25, 0.3) is 0 Å². The molecule has 0 saturated carbocycles. The average molecular weight is 462 g/mol. The summed E-state index contributed by atoms with van der Waals surface area (Å²) < 4.78 is 11.6. The lowest BCUT2D eigenvalue weighted by Gasteiger charge is -2.12. The molecule has 1 heterocycles. The van der Waals surface area contributed by atoms with Gasteiger partial charge in [0, 0.05) is 34.3 Å². The standard InChI is InChI=1S/C31H27NO3/c1-19-9-7-14-28(21(19)3)32-31(33)15-20(2)25-16-26-27(18-35-30(26)17-29(25)34-4)24-13-8-11-22-10-5-6-12-23(22)24/h5-18H,1-4H3,(H,32,33)/b20-15+. The molecule has 4 nitrogen and oxygen atoms in total. The molecule has 0 bridgehead atoms. The summed E-state index contributed by atoms with van der Waals surface area (Å²) in [4.78, 5) is 12.9. The van der Waals surface area contributed by atoms with Gasteiger partial charge in [-0.1, -0.05) is 54.6 Å². The minimum absolute atomic E-state index is 0.181. The summed E-state index contributed by atoms with van der Waals surface area (Å²) in [5.74, 6) is 0.476. The lowest BCUT2D eigenvalue weighted by Crippen LogP contribution is -2.10. The Morgan fingerprint density at radius 1 is 0.914 bits per heavy atom. The third-order valence-electron chi connectivity index (χ3n) is 6.61. The van der Waals surface area contributed by atoms with Gasteiger partial charge >= 0.3 is 0 Å². The number of carbonyl (C=O) groups excluding carboxylic acids is 1. The van der Waals surface area contributed by atoms with Gasteiger partial charge in [0.2, 0.25) is 5.91 Å². The summed E-state index contributed by atoms with van der Waals surface area (Å²) in [7, 11) is 1.63. The zero-order valence-corrected chi connectivity index (χ0v) is 20.3. The third kappa shape index (κ3) is 4.19. The highest BCUT2D eigenvalue weighted by Gasteiger charge is 2.16. The topological polar surface area (TPSA) is 51.5 Å². The van der Waals surface area contributed by atoms with Crippen molar-refractivity contribution >= 4 is 38.9 Å². The molecule has 1 aromatic heterocycles. The maximum absolute atomic E-state index is 12.9. The number of methoxy groups -OCH3 is 1. The van der Waals surface area contributed by atoms with Crippen molar-refractivity contribution in [2.45, 2.75) is 20.8 Å². The molecule has 1 N–H and O–H groups in total. The summed E-state index contributed by atoms with van der Waals surface area (Å²) in [6.45, 7) is 5.96. The van der Waals surface area contributed by atoms with Crippen molar-refractivity contribution in [3.63, 3.8) is 0 Å². The summed E-state index contributed by atoms with van der Waals surface area (Å²) >= 11 is 0. The van der Waals surface area contributed by atoms with E-state index in [2.05, 4.69) is 35.6 Å². The lowest BCUT2D eigenvalue weighted by atomic mass is 9.96. The van der Waals surface area contributed by atoms with Crippen LogP contribution in [0.15, 0.2) is 89.6 Å². The highest BCUT2D eigenvalue weighted by atomic mass is 16.5. The first-order valence-corrected chi connectivity index (χ1v) is 11.6. The van der Waals surface area contributed by atoms with Gasteiger partial charge in [-0.25, -0.2) is 0 Å². The quantitative estimate of drug-likeness (QED) is 0.270. The van der Waals surface area contributed by atoms with E-state index in [0.29, 0.717) is 5.75 Å². The first kappa shape index (κ1) is 22.5. The second kappa shape index (κ2) is 9.15. The third-order valence-corrected chi connectivity index (χ3v) is 6.61. The number of nitrogens with one attached hydrogen (secondary N) is 1. The van der Waals surface area contributed by atoms with Crippen LogP contribution in [-0.4, -0.2) is 13.0 Å². The second-order valence-electron chi connectivity index (χ2n) is 8.79. The van der Waals surface area contributed by atoms with Crippen LogP contribution in [0.1, 0.15) is 23.6 Å². The number of amides is 1. The first-order valence-electron chi connectivity index (χ1n) is 11.6. The highest BCUT2D eigenvalue weighted by Crippen LogP contribution is 2.39. The van der Waals surface area contributed by atoms with Crippen LogP contribution in [0, 0.1) is 13.8 Å². The molecule has 4 heteroatoms.